The third kappa shape index (κ3) is 4.74. The molecule has 0 aliphatic carbocycles. The Hall–Kier alpha value is -1.19. The van der Waals surface area contributed by atoms with Crippen LogP contribution in [-0.2, 0) is 19.8 Å². The van der Waals surface area contributed by atoms with Gasteiger partial charge in [0.25, 0.3) is 10.2 Å². The summed E-state index contributed by atoms with van der Waals surface area (Å²) in [6, 6.07) is -1.55. The number of nitrogens with two attached hydrogens (primary N) is 1. The summed E-state index contributed by atoms with van der Waals surface area (Å²) in [6.45, 7) is 0. The van der Waals surface area contributed by atoms with Crippen molar-refractivity contribution in [3.8, 4) is 0 Å². The van der Waals surface area contributed by atoms with Gasteiger partial charge in [-0.3, -0.25) is 9.59 Å². The van der Waals surface area contributed by atoms with Crippen LogP contribution in [0, 0.1) is 0 Å². The highest BCUT2D eigenvalue weighted by Gasteiger charge is 2.24. The quantitative estimate of drug-likeness (QED) is 0.391. The van der Waals surface area contributed by atoms with E-state index in [2.05, 4.69) is 0 Å². The number of primary amides is 1. The summed E-state index contributed by atoms with van der Waals surface area (Å²) in [6.07, 6.45) is -0.601. The Morgan fingerprint density at radius 1 is 1.50 bits per heavy atom. The van der Waals surface area contributed by atoms with Gasteiger partial charge in [0.2, 0.25) is 5.91 Å². The average Bonchev–Trinajstić information content (AvgIpc) is 2.02. The molecule has 0 bridgehead atoms. The van der Waals surface area contributed by atoms with Crippen molar-refractivity contribution in [2.75, 3.05) is 7.05 Å². The van der Waals surface area contributed by atoms with Gasteiger partial charge in [0.05, 0.1) is 6.42 Å². The van der Waals surface area contributed by atoms with Crippen LogP contribution in [0.25, 0.3) is 0 Å². The zero-order valence-corrected chi connectivity index (χ0v) is 8.17. The first-order valence-corrected chi connectivity index (χ1v) is 4.98. The minimum absolute atomic E-state index is 0.601. The first-order chi connectivity index (χ1) is 6.28. The van der Waals surface area contributed by atoms with Gasteiger partial charge in [-0.05, 0) is 0 Å². The minimum atomic E-state index is -3.90. The van der Waals surface area contributed by atoms with Crippen molar-refractivity contribution in [1.82, 2.24) is 9.44 Å². The molecule has 1 atom stereocenters. The molecule has 0 saturated carbocycles. The minimum Gasteiger partial charge on any atom is -0.480 e. The predicted octanol–water partition coefficient (Wildman–Crippen LogP) is -2.63. The van der Waals surface area contributed by atoms with Crippen LogP contribution in [0.1, 0.15) is 6.42 Å². The van der Waals surface area contributed by atoms with Gasteiger partial charge >= 0.3 is 5.97 Å². The topological polar surface area (TPSA) is 139 Å². The van der Waals surface area contributed by atoms with Crippen molar-refractivity contribution in [3.63, 3.8) is 0 Å². The number of carbonyl (C=O) groups excluding carboxylic acids is 1. The summed E-state index contributed by atoms with van der Waals surface area (Å²) in [5, 5.41) is 8.52. The molecule has 0 fully saturated rings. The zero-order valence-electron chi connectivity index (χ0n) is 7.35. The summed E-state index contributed by atoms with van der Waals surface area (Å²) >= 11 is 0. The number of carboxylic acids is 1. The van der Waals surface area contributed by atoms with Crippen molar-refractivity contribution < 1.29 is 23.1 Å². The second kappa shape index (κ2) is 4.88. The molecule has 0 saturated heterocycles. The standard InChI is InChI=1S/C5H11N3O5S/c1-7-14(12,13)8-3(5(10)11)2-4(6)9/h3,7-8H,2H2,1H3,(H2,6,9)(H,10,11). The average molecular weight is 225 g/mol. The van der Waals surface area contributed by atoms with Crippen LogP contribution in [0.3, 0.4) is 0 Å². The van der Waals surface area contributed by atoms with Crippen LogP contribution >= 0.6 is 0 Å². The lowest BCUT2D eigenvalue weighted by atomic mass is 10.2. The van der Waals surface area contributed by atoms with Crippen LogP contribution in [0.4, 0.5) is 0 Å². The van der Waals surface area contributed by atoms with Crippen LogP contribution in [0.15, 0.2) is 0 Å². The van der Waals surface area contributed by atoms with Crippen LogP contribution < -0.4 is 15.2 Å². The van der Waals surface area contributed by atoms with E-state index in [-0.39, 0.29) is 0 Å². The molecular formula is C5H11N3O5S. The maximum atomic E-state index is 10.9. The van der Waals surface area contributed by atoms with Gasteiger partial charge in [0.15, 0.2) is 0 Å². The molecule has 0 aliphatic rings. The molecule has 9 heteroatoms. The van der Waals surface area contributed by atoms with Gasteiger partial charge in [-0.2, -0.15) is 13.1 Å². The summed E-state index contributed by atoms with van der Waals surface area (Å²) in [5.74, 6) is -2.38. The van der Waals surface area contributed by atoms with Crippen molar-refractivity contribution >= 4 is 22.1 Å². The van der Waals surface area contributed by atoms with Gasteiger partial charge in [0, 0.05) is 7.05 Å². The SMILES string of the molecule is CNS(=O)(=O)NC(CC(N)=O)C(=O)O. The van der Waals surface area contributed by atoms with E-state index in [1.165, 1.54) is 0 Å². The zero-order chi connectivity index (χ0) is 11.4. The molecule has 0 aromatic carbocycles. The fourth-order valence-electron chi connectivity index (χ4n) is 0.627. The highest BCUT2D eigenvalue weighted by molar-refractivity contribution is 7.87. The molecule has 0 radical (unpaired) electrons. The van der Waals surface area contributed by atoms with Crippen LogP contribution in [0.5, 0.6) is 0 Å². The molecule has 0 heterocycles. The number of hydrogen-bond acceptors (Lipinski definition) is 4. The van der Waals surface area contributed by atoms with E-state index in [9.17, 15) is 18.0 Å². The Morgan fingerprint density at radius 3 is 2.29 bits per heavy atom. The number of carbonyl (C=O) groups is 2. The van der Waals surface area contributed by atoms with Gasteiger partial charge in [0.1, 0.15) is 6.04 Å². The number of aliphatic carboxylic acids is 1. The predicted molar refractivity (Wildman–Crippen MR) is 46.4 cm³/mol. The lowest BCUT2D eigenvalue weighted by molar-refractivity contribution is -0.140. The third-order valence-electron chi connectivity index (χ3n) is 1.27. The molecule has 0 spiro atoms. The maximum Gasteiger partial charge on any atom is 0.322 e. The van der Waals surface area contributed by atoms with Crippen molar-refractivity contribution in [2.24, 2.45) is 5.73 Å². The van der Waals surface area contributed by atoms with Gasteiger partial charge in [-0.25, -0.2) is 4.72 Å². The maximum absolute atomic E-state index is 10.9. The second-order valence-electron chi connectivity index (χ2n) is 2.39. The number of hydrogen-bond donors (Lipinski definition) is 4. The molecular weight excluding hydrogens is 214 g/mol. The fraction of sp³-hybridized carbons (Fsp3) is 0.600. The fourth-order valence-corrected chi connectivity index (χ4v) is 1.30. The van der Waals surface area contributed by atoms with Crippen LogP contribution in [0.2, 0.25) is 0 Å². The molecule has 0 aromatic heterocycles. The van der Waals surface area contributed by atoms with Gasteiger partial charge in [-0.1, -0.05) is 0 Å². The lowest BCUT2D eigenvalue weighted by Gasteiger charge is -2.11. The number of carboxylic acid groups (broad SMARTS) is 1. The first kappa shape index (κ1) is 12.8. The molecule has 82 valence electrons. The van der Waals surface area contributed by atoms with Crippen LogP contribution in [-0.4, -0.2) is 38.5 Å². The van der Waals surface area contributed by atoms with E-state index in [1.54, 1.807) is 4.72 Å². The Balaban J connectivity index is 4.54. The van der Waals surface area contributed by atoms with Gasteiger partial charge in [-0.15, -0.1) is 0 Å². The van der Waals surface area contributed by atoms with Gasteiger partial charge < -0.3 is 10.8 Å². The van der Waals surface area contributed by atoms with E-state index >= 15 is 0 Å². The second-order valence-corrected chi connectivity index (χ2v) is 4.04. The Kier molecular flexibility index (Phi) is 4.47. The Morgan fingerprint density at radius 2 is 2.00 bits per heavy atom. The van der Waals surface area contributed by atoms with E-state index in [0.717, 1.165) is 7.05 Å². The normalized spacial score (nSPS) is 13.5. The summed E-state index contributed by atoms with van der Waals surface area (Å²) in [5.41, 5.74) is 4.73. The van der Waals surface area contributed by atoms with Crippen molar-refractivity contribution in [2.45, 2.75) is 12.5 Å². The summed E-state index contributed by atoms with van der Waals surface area (Å²) in [4.78, 5) is 20.9. The van der Waals surface area contributed by atoms with E-state index in [4.69, 9.17) is 10.8 Å². The molecule has 0 aromatic rings. The number of rotatable bonds is 6. The molecule has 14 heavy (non-hydrogen) atoms. The molecule has 0 rings (SSSR count). The molecule has 1 amide bonds. The largest absolute Gasteiger partial charge is 0.480 e. The molecule has 0 aliphatic heterocycles. The Bertz CT molecular complexity index is 324. The highest BCUT2D eigenvalue weighted by Crippen LogP contribution is 1.93. The van der Waals surface area contributed by atoms with E-state index in [0.29, 0.717) is 0 Å². The smallest absolute Gasteiger partial charge is 0.322 e. The third-order valence-corrected chi connectivity index (χ3v) is 2.40. The highest BCUT2D eigenvalue weighted by atomic mass is 32.2. The lowest BCUT2D eigenvalue weighted by Crippen LogP contribution is -2.47. The summed E-state index contributed by atoms with van der Waals surface area (Å²) in [7, 11) is -2.80. The van der Waals surface area contributed by atoms with Crippen molar-refractivity contribution in [1.29, 1.82) is 0 Å². The molecule has 5 N–H and O–H groups in total. The molecule has 8 nitrogen and oxygen atoms in total. The first-order valence-electron chi connectivity index (χ1n) is 3.50. The monoisotopic (exact) mass is 225 g/mol. The van der Waals surface area contributed by atoms with E-state index < -0.39 is 34.5 Å². The van der Waals surface area contributed by atoms with Crippen molar-refractivity contribution in [3.05, 3.63) is 0 Å². The Labute approximate surface area is 80.7 Å². The molecule has 1 unspecified atom stereocenters. The van der Waals surface area contributed by atoms with E-state index in [1.807, 2.05) is 4.72 Å². The number of nitrogens with one attached hydrogen (secondary N) is 2. The number of amides is 1. The summed E-state index contributed by atoms with van der Waals surface area (Å²) < 4.78 is 25.3.